The third-order valence-electron chi connectivity index (χ3n) is 4.80. The van der Waals surface area contributed by atoms with Crippen LogP contribution in [0.2, 0.25) is 0 Å². The van der Waals surface area contributed by atoms with E-state index in [0.29, 0.717) is 0 Å². The number of carbonyl (C=O) groups is 4. The monoisotopic (exact) mass is 469 g/mol. The number of esters is 1. The van der Waals surface area contributed by atoms with Gasteiger partial charge in [0.2, 0.25) is 11.8 Å². The van der Waals surface area contributed by atoms with Crippen molar-refractivity contribution in [1.29, 1.82) is 0 Å². The number of hydrogen-bond acceptors (Lipinski definition) is 6. The molecule has 34 heavy (non-hydrogen) atoms. The molecule has 2 aromatic rings. The Morgan fingerprint density at radius 1 is 0.794 bits per heavy atom. The van der Waals surface area contributed by atoms with Crippen molar-refractivity contribution in [2.45, 2.75) is 52.0 Å². The van der Waals surface area contributed by atoms with Crippen LogP contribution < -0.4 is 16.4 Å². The molecule has 0 aromatic heterocycles. The summed E-state index contributed by atoms with van der Waals surface area (Å²) in [6.07, 6.45) is -0.917. The van der Waals surface area contributed by atoms with Crippen molar-refractivity contribution in [2.24, 2.45) is 11.7 Å². The van der Waals surface area contributed by atoms with Crippen LogP contribution in [-0.2, 0) is 37.1 Å². The molecule has 0 saturated carbocycles. The third-order valence-corrected chi connectivity index (χ3v) is 4.80. The summed E-state index contributed by atoms with van der Waals surface area (Å²) in [5.41, 5.74) is 6.96. The Balaban J connectivity index is 1.92. The first-order chi connectivity index (χ1) is 16.2. The minimum Gasteiger partial charge on any atom is -0.461 e. The number of amides is 3. The molecule has 4 N–H and O–H groups in total. The normalized spacial score (nSPS) is 12.3. The van der Waals surface area contributed by atoms with E-state index in [1.165, 1.54) is 0 Å². The van der Waals surface area contributed by atoms with E-state index < -0.39 is 42.4 Å². The van der Waals surface area contributed by atoms with Gasteiger partial charge in [-0.1, -0.05) is 74.5 Å². The molecule has 3 amide bonds. The summed E-state index contributed by atoms with van der Waals surface area (Å²) in [5, 5.41) is 4.97. The summed E-state index contributed by atoms with van der Waals surface area (Å²) >= 11 is 0. The molecule has 0 saturated heterocycles. The predicted molar refractivity (Wildman–Crippen MR) is 125 cm³/mol. The van der Waals surface area contributed by atoms with Gasteiger partial charge in [0.1, 0.15) is 25.3 Å². The van der Waals surface area contributed by atoms with E-state index in [2.05, 4.69) is 10.6 Å². The fourth-order valence-electron chi connectivity index (χ4n) is 3.07. The lowest BCUT2D eigenvalue weighted by molar-refractivity contribution is -0.147. The van der Waals surface area contributed by atoms with Crippen molar-refractivity contribution in [3.05, 3.63) is 71.8 Å². The summed E-state index contributed by atoms with van der Waals surface area (Å²) in [6.45, 7) is 3.83. The number of hydrogen-bond donors (Lipinski definition) is 3. The predicted octanol–water partition coefficient (Wildman–Crippen LogP) is 2.43. The highest BCUT2D eigenvalue weighted by Gasteiger charge is 2.28. The van der Waals surface area contributed by atoms with Crippen LogP contribution in [0.4, 0.5) is 4.79 Å². The largest absolute Gasteiger partial charge is 0.461 e. The minimum absolute atomic E-state index is 0.0316. The van der Waals surface area contributed by atoms with Crippen LogP contribution in [0.15, 0.2) is 60.7 Å². The Kier molecular flexibility index (Phi) is 10.6. The molecule has 0 fully saturated rings. The van der Waals surface area contributed by atoms with Gasteiger partial charge in [-0.05, 0) is 23.5 Å². The highest BCUT2D eigenvalue weighted by Crippen LogP contribution is 2.08. The molecule has 0 aliphatic rings. The summed E-state index contributed by atoms with van der Waals surface area (Å²) < 4.78 is 10.4. The van der Waals surface area contributed by atoms with Gasteiger partial charge < -0.3 is 25.8 Å². The first kappa shape index (κ1) is 26.4. The van der Waals surface area contributed by atoms with Gasteiger partial charge >= 0.3 is 12.1 Å². The van der Waals surface area contributed by atoms with Crippen molar-refractivity contribution in [2.75, 3.05) is 0 Å². The van der Waals surface area contributed by atoms with Crippen LogP contribution >= 0.6 is 0 Å². The molecule has 0 spiro atoms. The first-order valence-electron chi connectivity index (χ1n) is 11.0. The standard InChI is InChI=1S/C25H31N3O6/c1-17(2)13-21(28-25(32)34-16-19-11-7-4-8-12-19)24(31)27-20(23(26)30)14-22(29)33-15-18-9-5-3-6-10-18/h3-12,17,20-21H,13-16H2,1-2H3,(H2,26,30)(H,27,31)(H,28,32)/t20-,21-/m0/s1. The van der Waals surface area contributed by atoms with Crippen molar-refractivity contribution in [3.8, 4) is 0 Å². The fourth-order valence-corrected chi connectivity index (χ4v) is 3.07. The van der Waals surface area contributed by atoms with Crippen molar-refractivity contribution in [1.82, 2.24) is 10.6 Å². The molecule has 9 heteroatoms. The maximum atomic E-state index is 12.8. The van der Waals surface area contributed by atoms with Gasteiger partial charge in [-0.25, -0.2) is 4.79 Å². The number of ether oxygens (including phenoxy) is 2. The van der Waals surface area contributed by atoms with Gasteiger partial charge in [0.15, 0.2) is 0 Å². The zero-order valence-electron chi connectivity index (χ0n) is 19.4. The van der Waals surface area contributed by atoms with E-state index in [1.807, 2.05) is 50.2 Å². The number of primary amides is 1. The van der Waals surface area contributed by atoms with E-state index >= 15 is 0 Å². The maximum Gasteiger partial charge on any atom is 0.408 e. The molecule has 0 radical (unpaired) electrons. The van der Waals surface area contributed by atoms with E-state index in [0.717, 1.165) is 11.1 Å². The van der Waals surface area contributed by atoms with E-state index in [-0.39, 0.29) is 25.6 Å². The minimum atomic E-state index is -1.28. The average molecular weight is 470 g/mol. The number of nitrogens with two attached hydrogens (primary N) is 1. The molecular weight excluding hydrogens is 438 g/mol. The third kappa shape index (κ3) is 9.72. The molecule has 0 bridgehead atoms. The topological polar surface area (TPSA) is 137 Å². The zero-order chi connectivity index (χ0) is 24.9. The van der Waals surface area contributed by atoms with Crippen LogP contribution in [0.1, 0.15) is 37.8 Å². The van der Waals surface area contributed by atoms with Crippen molar-refractivity contribution in [3.63, 3.8) is 0 Å². The number of rotatable bonds is 12. The highest BCUT2D eigenvalue weighted by atomic mass is 16.5. The average Bonchev–Trinajstić information content (AvgIpc) is 2.81. The lowest BCUT2D eigenvalue weighted by Crippen LogP contribution is -2.54. The SMILES string of the molecule is CC(C)C[C@H](NC(=O)OCc1ccccc1)C(=O)N[C@@H](CC(=O)OCc1ccccc1)C(N)=O. The van der Waals surface area contributed by atoms with Crippen LogP contribution in [0.25, 0.3) is 0 Å². The van der Waals surface area contributed by atoms with Crippen LogP contribution in [0.5, 0.6) is 0 Å². The summed E-state index contributed by atoms with van der Waals surface area (Å²) in [6, 6.07) is 15.9. The van der Waals surface area contributed by atoms with Crippen LogP contribution in [0, 0.1) is 5.92 Å². The Bertz CT molecular complexity index is 950. The van der Waals surface area contributed by atoms with E-state index in [9.17, 15) is 19.2 Å². The number of alkyl carbamates (subject to hydrolysis) is 1. The molecular formula is C25H31N3O6. The summed E-state index contributed by atoms with van der Waals surface area (Å²) in [4.78, 5) is 49.1. The molecule has 182 valence electrons. The molecule has 9 nitrogen and oxygen atoms in total. The Hall–Kier alpha value is -3.88. The van der Waals surface area contributed by atoms with Gasteiger partial charge in [0.25, 0.3) is 0 Å². The molecule has 2 aromatic carbocycles. The molecule has 0 aliphatic heterocycles. The highest BCUT2D eigenvalue weighted by molar-refractivity contribution is 5.92. The van der Waals surface area contributed by atoms with Crippen LogP contribution in [0.3, 0.4) is 0 Å². The number of nitrogens with one attached hydrogen (secondary N) is 2. The summed E-state index contributed by atoms with van der Waals surface area (Å²) in [7, 11) is 0. The molecule has 0 aliphatic carbocycles. The molecule has 2 atom stereocenters. The van der Waals surface area contributed by atoms with Crippen molar-refractivity contribution < 1.29 is 28.7 Å². The van der Waals surface area contributed by atoms with Gasteiger partial charge in [-0.15, -0.1) is 0 Å². The quantitative estimate of drug-likeness (QED) is 0.408. The molecule has 0 unspecified atom stereocenters. The Morgan fingerprint density at radius 2 is 1.32 bits per heavy atom. The van der Waals surface area contributed by atoms with Gasteiger partial charge in [-0.3, -0.25) is 14.4 Å². The second kappa shape index (κ2) is 13.6. The lowest BCUT2D eigenvalue weighted by atomic mass is 10.0. The number of carbonyl (C=O) groups excluding carboxylic acids is 4. The zero-order valence-corrected chi connectivity index (χ0v) is 19.4. The maximum absolute atomic E-state index is 12.8. The smallest absolute Gasteiger partial charge is 0.408 e. The van der Waals surface area contributed by atoms with Gasteiger partial charge in [-0.2, -0.15) is 0 Å². The van der Waals surface area contributed by atoms with E-state index in [1.54, 1.807) is 24.3 Å². The molecule has 2 rings (SSSR count). The first-order valence-corrected chi connectivity index (χ1v) is 11.0. The summed E-state index contributed by atoms with van der Waals surface area (Å²) in [5.74, 6) is -2.18. The Morgan fingerprint density at radius 3 is 1.82 bits per heavy atom. The second-order valence-corrected chi connectivity index (χ2v) is 8.20. The number of benzene rings is 2. The molecule has 0 heterocycles. The van der Waals surface area contributed by atoms with Crippen molar-refractivity contribution >= 4 is 23.9 Å². The second-order valence-electron chi connectivity index (χ2n) is 8.20. The lowest BCUT2D eigenvalue weighted by Gasteiger charge is -2.22. The van der Waals surface area contributed by atoms with Gasteiger partial charge in [0, 0.05) is 0 Å². The Labute approximate surface area is 199 Å². The van der Waals surface area contributed by atoms with Gasteiger partial charge in [0.05, 0.1) is 6.42 Å². The fraction of sp³-hybridized carbons (Fsp3) is 0.360. The van der Waals surface area contributed by atoms with Crippen LogP contribution in [-0.4, -0.2) is 36.0 Å². The van der Waals surface area contributed by atoms with E-state index in [4.69, 9.17) is 15.2 Å².